The number of benzene rings is 3. The van der Waals surface area contributed by atoms with Crippen molar-refractivity contribution >= 4 is 11.4 Å². The third kappa shape index (κ3) is 4.67. The summed E-state index contributed by atoms with van der Waals surface area (Å²) in [7, 11) is 0. The lowest BCUT2D eigenvalue weighted by Crippen LogP contribution is -2.19. The fourth-order valence-electron chi connectivity index (χ4n) is 3.51. The van der Waals surface area contributed by atoms with Crippen LogP contribution in [0.3, 0.4) is 0 Å². The molecule has 1 N–H and O–H groups in total. The van der Waals surface area contributed by atoms with E-state index in [4.69, 9.17) is 9.73 Å². The van der Waals surface area contributed by atoms with Crippen LogP contribution in [0.15, 0.2) is 94.7 Å². The molecular weight excluding hydrogens is 386 g/mol. The number of aliphatic imine (C=N–C) groups is 1. The number of hydrogen-bond donors (Lipinski definition) is 1. The maximum absolute atomic E-state index is 13.2. The van der Waals surface area contributed by atoms with Crippen LogP contribution in [-0.4, -0.2) is 15.5 Å². The summed E-state index contributed by atoms with van der Waals surface area (Å²) in [6, 6.07) is 26.8. The van der Waals surface area contributed by atoms with E-state index in [1.54, 1.807) is 4.68 Å². The highest BCUT2D eigenvalue weighted by Crippen LogP contribution is 2.24. The smallest absolute Gasteiger partial charge is 0.280 e. The van der Waals surface area contributed by atoms with E-state index in [0.717, 1.165) is 41.4 Å². The first kappa shape index (κ1) is 20.4. The van der Waals surface area contributed by atoms with Crippen LogP contribution in [0.5, 0.6) is 11.5 Å². The summed E-state index contributed by atoms with van der Waals surface area (Å²) in [4.78, 5) is 17.9. The summed E-state index contributed by atoms with van der Waals surface area (Å²) >= 11 is 0. The SMILES string of the molecule is CCCc1[nH]n(-c2ccccc2)c(=O)c1C(C)=Nc1ccc(Oc2ccccc2)cc1. The van der Waals surface area contributed by atoms with Crippen LogP contribution in [0.25, 0.3) is 5.69 Å². The summed E-state index contributed by atoms with van der Waals surface area (Å²) in [5, 5.41) is 3.27. The van der Waals surface area contributed by atoms with Crippen LogP contribution in [-0.2, 0) is 6.42 Å². The Bertz CT molecular complexity index is 1220. The largest absolute Gasteiger partial charge is 0.457 e. The molecule has 4 aromatic rings. The molecule has 0 aliphatic heterocycles. The number of aryl methyl sites for hydroxylation is 1. The lowest BCUT2D eigenvalue weighted by Gasteiger charge is -2.06. The minimum atomic E-state index is -0.0834. The summed E-state index contributed by atoms with van der Waals surface area (Å²) in [6.45, 7) is 3.98. The first-order valence-electron chi connectivity index (χ1n) is 10.4. The number of ether oxygens (including phenoxy) is 1. The van der Waals surface area contributed by atoms with Crippen molar-refractivity contribution in [1.29, 1.82) is 0 Å². The van der Waals surface area contributed by atoms with Crippen molar-refractivity contribution in [3.05, 3.63) is 107 Å². The molecule has 0 aliphatic rings. The van der Waals surface area contributed by atoms with Crippen molar-refractivity contribution in [1.82, 2.24) is 9.78 Å². The molecule has 1 aromatic heterocycles. The lowest BCUT2D eigenvalue weighted by molar-refractivity contribution is 0.483. The zero-order valence-electron chi connectivity index (χ0n) is 17.7. The topological polar surface area (TPSA) is 59.4 Å². The first-order chi connectivity index (χ1) is 15.2. The molecule has 0 amide bonds. The minimum absolute atomic E-state index is 0.0834. The molecule has 0 fully saturated rings. The number of H-pyrrole nitrogens is 1. The normalized spacial score (nSPS) is 11.5. The molecule has 5 nitrogen and oxygen atoms in total. The highest BCUT2D eigenvalue weighted by Gasteiger charge is 2.17. The van der Waals surface area contributed by atoms with Crippen LogP contribution in [0.4, 0.5) is 5.69 Å². The summed E-state index contributed by atoms with van der Waals surface area (Å²) in [6.07, 6.45) is 1.71. The van der Waals surface area contributed by atoms with Crippen LogP contribution >= 0.6 is 0 Å². The molecule has 1 heterocycles. The van der Waals surface area contributed by atoms with Crippen molar-refractivity contribution in [3.63, 3.8) is 0 Å². The van der Waals surface area contributed by atoms with Gasteiger partial charge in [0.2, 0.25) is 0 Å². The van der Waals surface area contributed by atoms with Gasteiger partial charge in [0.05, 0.1) is 22.6 Å². The maximum Gasteiger partial charge on any atom is 0.280 e. The fourth-order valence-corrected chi connectivity index (χ4v) is 3.51. The van der Waals surface area contributed by atoms with E-state index in [9.17, 15) is 4.79 Å². The van der Waals surface area contributed by atoms with Gasteiger partial charge in [-0.15, -0.1) is 0 Å². The van der Waals surface area contributed by atoms with Crippen molar-refractivity contribution in [2.45, 2.75) is 26.7 Å². The number of rotatable bonds is 7. The molecular formula is C26H25N3O2. The fraction of sp³-hybridized carbons (Fsp3) is 0.154. The zero-order valence-corrected chi connectivity index (χ0v) is 17.7. The van der Waals surface area contributed by atoms with Gasteiger partial charge in [0.15, 0.2) is 0 Å². The molecule has 0 bridgehead atoms. The monoisotopic (exact) mass is 411 g/mol. The van der Waals surface area contributed by atoms with Crippen molar-refractivity contribution in [2.75, 3.05) is 0 Å². The number of aromatic nitrogens is 2. The lowest BCUT2D eigenvalue weighted by atomic mass is 10.1. The Morgan fingerprint density at radius 3 is 2.16 bits per heavy atom. The molecule has 0 saturated carbocycles. The third-order valence-corrected chi connectivity index (χ3v) is 4.95. The Hall–Kier alpha value is -3.86. The Labute approximate surface area is 181 Å². The van der Waals surface area contributed by atoms with E-state index in [2.05, 4.69) is 12.0 Å². The molecule has 0 saturated heterocycles. The van der Waals surface area contributed by atoms with Crippen LogP contribution < -0.4 is 10.3 Å². The van der Waals surface area contributed by atoms with Gasteiger partial charge in [-0.25, -0.2) is 4.68 Å². The van der Waals surface area contributed by atoms with E-state index < -0.39 is 0 Å². The van der Waals surface area contributed by atoms with Gasteiger partial charge >= 0.3 is 0 Å². The minimum Gasteiger partial charge on any atom is -0.457 e. The predicted molar refractivity (Wildman–Crippen MR) is 125 cm³/mol. The van der Waals surface area contributed by atoms with E-state index in [1.165, 1.54) is 0 Å². The molecule has 0 aliphatic carbocycles. The molecule has 4 rings (SSSR count). The zero-order chi connectivity index (χ0) is 21.6. The van der Waals surface area contributed by atoms with Crippen molar-refractivity contribution < 1.29 is 4.74 Å². The van der Waals surface area contributed by atoms with Gasteiger partial charge in [-0.3, -0.25) is 14.9 Å². The van der Waals surface area contributed by atoms with Gasteiger partial charge < -0.3 is 4.74 Å². The Balaban J connectivity index is 1.63. The highest BCUT2D eigenvalue weighted by atomic mass is 16.5. The summed E-state index contributed by atoms with van der Waals surface area (Å²) in [5.41, 5.74) is 3.73. The molecule has 31 heavy (non-hydrogen) atoms. The number of hydrogen-bond acceptors (Lipinski definition) is 3. The Morgan fingerprint density at radius 2 is 1.52 bits per heavy atom. The van der Waals surface area contributed by atoms with E-state index in [0.29, 0.717) is 11.3 Å². The van der Waals surface area contributed by atoms with Gasteiger partial charge in [0, 0.05) is 5.69 Å². The predicted octanol–water partition coefficient (Wildman–Crippen LogP) is 6.05. The average Bonchev–Trinajstić information content (AvgIpc) is 3.12. The third-order valence-electron chi connectivity index (χ3n) is 4.95. The standard InChI is InChI=1S/C26H25N3O2/c1-3-10-24-25(26(30)29(28-24)21-11-6-4-7-12-21)19(2)27-20-15-17-23(18-16-20)31-22-13-8-5-9-14-22/h4-9,11-18,28H,3,10H2,1-2H3. The number of aromatic amines is 1. The Kier molecular flexibility index (Phi) is 6.13. The Morgan fingerprint density at radius 1 is 0.903 bits per heavy atom. The summed E-state index contributed by atoms with van der Waals surface area (Å²) < 4.78 is 7.43. The van der Waals surface area contributed by atoms with Gasteiger partial charge in [-0.05, 0) is 61.9 Å². The number of nitrogens with one attached hydrogen (secondary N) is 1. The molecule has 0 radical (unpaired) electrons. The van der Waals surface area contributed by atoms with Gasteiger partial charge in [-0.2, -0.15) is 0 Å². The number of nitrogens with zero attached hydrogens (tertiary/aromatic N) is 2. The second-order valence-corrected chi connectivity index (χ2v) is 7.30. The maximum atomic E-state index is 13.2. The second-order valence-electron chi connectivity index (χ2n) is 7.30. The van der Waals surface area contributed by atoms with Crippen LogP contribution in [0.2, 0.25) is 0 Å². The van der Waals surface area contributed by atoms with Gasteiger partial charge in [0.1, 0.15) is 11.5 Å². The molecule has 0 atom stereocenters. The quantitative estimate of drug-likeness (QED) is 0.376. The molecule has 0 unspecified atom stereocenters. The molecule has 5 heteroatoms. The van der Waals surface area contributed by atoms with Crippen molar-refractivity contribution in [2.24, 2.45) is 4.99 Å². The number of para-hydroxylation sites is 2. The van der Waals surface area contributed by atoms with Gasteiger partial charge in [0.25, 0.3) is 5.56 Å². The summed E-state index contributed by atoms with van der Waals surface area (Å²) in [5.74, 6) is 1.52. The van der Waals surface area contributed by atoms with E-state index >= 15 is 0 Å². The van der Waals surface area contributed by atoms with E-state index in [-0.39, 0.29) is 5.56 Å². The molecule has 0 spiro atoms. The van der Waals surface area contributed by atoms with Crippen molar-refractivity contribution in [3.8, 4) is 17.2 Å². The van der Waals surface area contributed by atoms with Gasteiger partial charge in [-0.1, -0.05) is 49.7 Å². The van der Waals surface area contributed by atoms with Crippen LogP contribution in [0.1, 0.15) is 31.5 Å². The first-order valence-corrected chi connectivity index (χ1v) is 10.4. The van der Waals surface area contributed by atoms with E-state index in [1.807, 2.05) is 91.9 Å². The average molecular weight is 412 g/mol. The molecule has 3 aromatic carbocycles. The van der Waals surface area contributed by atoms with Crippen LogP contribution in [0, 0.1) is 0 Å². The second kappa shape index (κ2) is 9.30. The highest BCUT2D eigenvalue weighted by molar-refractivity contribution is 6.01. The molecule has 156 valence electrons.